The average Bonchev–Trinajstić information content (AvgIpc) is 3.16. The van der Waals surface area contributed by atoms with Crippen LogP contribution in [0.5, 0.6) is 11.6 Å². The molecule has 0 radical (unpaired) electrons. The van der Waals surface area contributed by atoms with Crippen molar-refractivity contribution >= 4 is 28.6 Å². The second-order valence-electron chi connectivity index (χ2n) is 7.11. The number of aromatic nitrogens is 5. The Morgan fingerprint density at radius 1 is 0.844 bits per heavy atom. The van der Waals surface area contributed by atoms with Crippen LogP contribution in [-0.4, -0.2) is 31.6 Å². The van der Waals surface area contributed by atoms with E-state index in [1.54, 1.807) is 19.4 Å². The normalized spacial score (nSPS) is 10.8. The van der Waals surface area contributed by atoms with Gasteiger partial charge in [0.05, 0.1) is 22.3 Å². The zero-order valence-corrected chi connectivity index (χ0v) is 17.6. The van der Waals surface area contributed by atoms with Crippen LogP contribution in [-0.2, 0) is 7.05 Å². The van der Waals surface area contributed by atoms with E-state index >= 15 is 0 Å². The second kappa shape index (κ2) is 8.35. The summed E-state index contributed by atoms with van der Waals surface area (Å²) in [4.78, 5) is 17.7. The third-order valence-electron chi connectivity index (χ3n) is 5.04. The van der Waals surface area contributed by atoms with Gasteiger partial charge in [-0.1, -0.05) is 12.1 Å². The summed E-state index contributed by atoms with van der Waals surface area (Å²) in [5, 5.41) is 6.31. The van der Waals surface area contributed by atoms with Gasteiger partial charge in [-0.05, 0) is 54.6 Å². The maximum Gasteiger partial charge on any atom is 0.228 e. The summed E-state index contributed by atoms with van der Waals surface area (Å²) in [7, 11) is 3.77. The summed E-state index contributed by atoms with van der Waals surface area (Å²) in [5.74, 6) is 2.46. The number of aryl methyl sites for hydroxylation is 1. The Bertz CT molecular complexity index is 1380. The van der Waals surface area contributed by atoms with Crippen LogP contribution < -0.4 is 15.4 Å². The fourth-order valence-corrected chi connectivity index (χ4v) is 3.40. The van der Waals surface area contributed by atoms with Gasteiger partial charge in [-0.2, -0.15) is 0 Å². The highest BCUT2D eigenvalue weighted by molar-refractivity contribution is 5.79. The van der Waals surface area contributed by atoms with Crippen molar-refractivity contribution in [2.24, 2.45) is 7.05 Å². The minimum absolute atomic E-state index is 0.476. The smallest absolute Gasteiger partial charge is 0.228 e. The van der Waals surface area contributed by atoms with Crippen molar-refractivity contribution in [1.29, 1.82) is 0 Å². The highest BCUT2D eigenvalue weighted by Crippen LogP contribution is 2.31. The lowest BCUT2D eigenvalue weighted by atomic mass is 10.2. The number of nitrogens with one attached hydrogen (secondary N) is 2. The van der Waals surface area contributed by atoms with Crippen molar-refractivity contribution in [3.8, 4) is 22.9 Å². The van der Waals surface area contributed by atoms with E-state index in [0.29, 0.717) is 17.6 Å². The van der Waals surface area contributed by atoms with Crippen LogP contribution >= 0.6 is 0 Å². The highest BCUT2D eigenvalue weighted by Gasteiger charge is 2.12. The van der Waals surface area contributed by atoms with E-state index in [4.69, 9.17) is 4.74 Å². The molecule has 0 atom stereocenters. The standard InChI is InChI=1S/C24H21N7O/c1-25-23-27-15-13-19(29-23)18-6-5-14-26-22(18)32-17-11-9-16(10-12-17)28-24-30-20-7-3-4-8-21(20)31(24)2/h3-15H,1-2H3,(H,28,30)(H,25,27,29). The summed E-state index contributed by atoms with van der Waals surface area (Å²) in [6, 6.07) is 21.3. The van der Waals surface area contributed by atoms with E-state index in [1.165, 1.54) is 0 Å². The molecule has 158 valence electrons. The molecule has 0 unspecified atom stereocenters. The van der Waals surface area contributed by atoms with Gasteiger partial charge in [-0.3, -0.25) is 0 Å². The third-order valence-corrected chi connectivity index (χ3v) is 5.04. The largest absolute Gasteiger partial charge is 0.438 e. The Labute approximate surface area is 185 Å². The molecule has 0 fully saturated rings. The van der Waals surface area contributed by atoms with Gasteiger partial charge in [0.25, 0.3) is 0 Å². The maximum absolute atomic E-state index is 6.07. The number of hydrogen-bond acceptors (Lipinski definition) is 7. The van der Waals surface area contributed by atoms with E-state index in [-0.39, 0.29) is 0 Å². The Morgan fingerprint density at radius 3 is 2.50 bits per heavy atom. The monoisotopic (exact) mass is 423 g/mol. The van der Waals surface area contributed by atoms with E-state index in [0.717, 1.165) is 33.9 Å². The molecule has 0 aliphatic rings. The minimum atomic E-state index is 0.476. The van der Waals surface area contributed by atoms with E-state index in [9.17, 15) is 0 Å². The fraction of sp³-hybridized carbons (Fsp3) is 0.0833. The van der Waals surface area contributed by atoms with Crippen LogP contribution in [0, 0.1) is 0 Å². The number of hydrogen-bond donors (Lipinski definition) is 2. The summed E-state index contributed by atoms with van der Waals surface area (Å²) in [6.07, 6.45) is 3.40. The molecule has 0 saturated carbocycles. The number of rotatable bonds is 6. The zero-order valence-electron chi connectivity index (χ0n) is 17.6. The van der Waals surface area contributed by atoms with E-state index < -0.39 is 0 Å². The Hall–Kier alpha value is -4.46. The number of para-hydroxylation sites is 2. The second-order valence-corrected chi connectivity index (χ2v) is 7.11. The number of benzene rings is 2. The number of anilines is 3. The first-order chi connectivity index (χ1) is 15.7. The molecule has 0 bridgehead atoms. The molecule has 0 spiro atoms. The Balaban J connectivity index is 1.37. The summed E-state index contributed by atoms with van der Waals surface area (Å²) >= 11 is 0. The van der Waals surface area contributed by atoms with Crippen LogP contribution in [0.15, 0.2) is 79.1 Å². The molecule has 3 heterocycles. The SMILES string of the molecule is CNc1nccc(-c2cccnc2Oc2ccc(Nc3nc4ccccc4n3C)cc2)n1. The van der Waals surface area contributed by atoms with Gasteiger partial charge in [0.2, 0.25) is 17.8 Å². The van der Waals surface area contributed by atoms with Crippen molar-refractivity contribution in [2.75, 3.05) is 17.7 Å². The van der Waals surface area contributed by atoms with Gasteiger partial charge >= 0.3 is 0 Å². The predicted octanol–water partition coefficient (Wildman–Crippen LogP) is 5.00. The van der Waals surface area contributed by atoms with Crippen LogP contribution in [0.3, 0.4) is 0 Å². The third kappa shape index (κ3) is 3.81. The first kappa shape index (κ1) is 19.5. The molecule has 5 aromatic rings. The summed E-state index contributed by atoms with van der Waals surface area (Å²) in [5.41, 5.74) is 4.45. The lowest BCUT2D eigenvalue weighted by Gasteiger charge is -2.11. The van der Waals surface area contributed by atoms with E-state index in [1.807, 2.05) is 78.3 Å². The van der Waals surface area contributed by atoms with Gasteiger partial charge in [-0.15, -0.1) is 0 Å². The molecular weight excluding hydrogens is 402 g/mol. The molecule has 0 saturated heterocycles. The van der Waals surface area contributed by atoms with Gasteiger partial charge in [0, 0.05) is 32.2 Å². The number of fused-ring (bicyclic) bond motifs is 1. The lowest BCUT2D eigenvalue weighted by Crippen LogP contribution is -1.99. The van der Waals surface area contributed by atoms with Gasteiger partial charge in [0.15, 0.2) is 0 Å². The first-order valence-corrected chi connectivity index (χ1v) is 10.1. The molecule has 2 N–H and O–H groups in total. The quantitative estimate of drug-likeness (QED) is 0.397. The minimum Gasteiger partial charge on any atom is -0.438 e. The first-order valence-electron chi connectivity index (χ1n) is 10.1. The molecular formula is C24H21N7O. The zero-order chi connectivity index (χ0) is 21.9. The predicted molar refractivity (Wildman–Crippen MR) is 125 cm³/mol. The molecule has 5 rings (SSSR count). The number of ether oxygens (including phenoxy) is 1. The molecule has 3 aromatic heterocycles. The van der Waals surface area contributed by atoms with Crippen molar-refractivity contribution in [1.82, 2.24) is 24.5 Å². The average molecular weight is 423 g/mol. The summed E-state index contributed by atoms with van der Waals surface area (Å²) < 4.78 is 8.10. The van der Waals surface area contributed by atoms with Crippen LogP contribution in [0.2, 0.25) is 0 Å². The van der Waals surface area contributed by atoms with Crippen LogP contribution in [0.25, 0.3) is 22.3 Å². The van der Waals surface area contributed by atoms with Crippen molar-refractivity contribution in [3.63, 3.8) is 0 Å². The van der Waals surface area contributed by atoms with Gasteiger partial charge in [0.1, 0.15) is 5.75 Å². The molecule has 0 aliphatic heterocycles. The molecule has 2 aromatic carbocycles. The highest BCUT2D eigenvalue weighted by atomic mass is 16.5. The molecule has 8 heteroatoms. The number of pyridine rings is 1. The van der Waals surface area contributed by atoms with Crippen LogP contribution in [0.1, 0.15) is 0 Å². The van der Waals surface area contributed by atoms with Crippen LogP contribution in [0.4, 0.5) is 17.6 Å². The van der Waals surface area contributed by atoms with Crippen molar-refractivity contribution in [3.05, 3.63) is 79.1 Å². The summed E-state index contributed by atoms with van der Waals surface area (Å²) in [6.45, 7) is 0. The Kier molecular flexibility index (Phi) is 5.09. The van der Waals surface area contributed by atoms with Gasteiger partial charge in [-0.25, -0.2) is 19.9 Å². The molecule has 32 heavy (non-hydrogen) atoms. The van der Waals surface area contributed by atoms with Crippen molar-refractivity contribution in [2.45, 2.75) is 0 Å². The molecule has 8 nitrogen and oxygen atoms in total. The van der Waals surface area contributed by atoms with Gasteiger partial charge < -0.3 is 19.9 Å². The lowest BCUT2D eigenvalue weighted by molar-refractivity contribution is 0.465. The topological polar surface area (TPSA) is 89.8 Å². The molecule has 0 aliphatic carbocycles. The number of imidazole rings is 1. The number of nitrogens with zero attached hydrogens (tertiary/aromatic N) is 5. The Morgan fingerprint density at radius 2 is 1.69 bits per heavy atom. The molecule has 0 amide bonds. The fourth-order valence-electron chi connectivity index (χ4n) is 3.40. The maximum atomic E-state index is 6.07. The van der Waals surface area contributed by atoms with E-state index in [2.05, 4.69) is 30.6 Å². The van der Waals surface area contributed by atoms with Crippen molar-refractivity contribution < 1.29 is 4.74 Å².